The van der Waals surface area contributed by atoms with Gasteiger partial charge in [0.05, 0.1) is 6.54 Å². The maximum absolute atomic E-state index is 10.4. The monoisotopic (exact) mass is 255 g/mol. The minimum atomic E-state index is -0.194. The highest BCUT2D eigenvalue weighted by Crippen LogP contribution is 2.09. The Morgan fingerprint density at radius 1 is 0.867 bits per heavy atom. The lowest BCUT2D eigenvalue weighted by molar-refractivity contribution is -0.368. The molecular formula is C11H23Cl2NO. The van der Waals surface area contributed by atoms with Gasteiger partial charge in [-0.05, 0) is 30.9 Å². The number of hydrogen-bond donors (Lipinski definition) is 1. The molecule has 0 saturated carbocycles. The highest BCUT2D eigenvalue weighted by atomic mass is 35.5. The maximum Gasteiger partial charge on any atom is 0.221 e. The van der Waals surface area contributed by atoms with Gasteiger partial charge >= 0.3 is 0 Å². The van der Waals surface area contributed by atoms with E-state index in [0.29, 0.717) is 6.42 Å². The normalized spacial score (nSPS) is 9.73. The van der Waals surface area contributed by atoms with Crippen LogP contribution < -0.4 is 18.1 Å². The molecule has 0 atom stereocenters. The van der Waals surface area contributed by atoms with Crippen molar-refractivity contribution < 1.29 is 22.9 Å². The molecule has 0 aliphatic heterocycles. The first-order valence-electron chi connectivity index (χ1n) is 5.75. The number of rotatable bonds is 10. The lowest BCUT2D eigenvalue weighted by Gasteiger charge is -1.99. The summed E-state index contributed by atoms with van der Waals surface area (Å²) in [5.74, 6) is 0. The summed E-state index contributed by atoms with van der Waals surface area (Å²) in [4.78, 5) is 10.4. The Kier molecular flexibility index (Phi) is 16.7. The molecule has 3 N–H and O–H groups in total. The van der Waals surface area contributed by atoms with E-state index in [9.17, 15) is 4.79 Å². The number of quaternary nitrogens is 1. The van der Waals surface area contributed by atoms with Gasteiger partial charge in [-0.1, -0.05) is 32.1 Å². The highest BCUT2D eigenvalue weighted by Gasteiger charge is 1.96. The largest absolute Gasteiger partial charge is 1.00 e. The second-order valence-electron chi connectivity index (χ2n) is 3.79. The van der Waals surface area contributed by atoms with Gasteiger partial charge in [-0.15, -0.1) is 0 Å². The van der Waals surface area contributed by atoms with E-state index in [1.165, 1.54) is 38.5 Å². The summed E-state index contributed by atoms with van der Waals surface area (Å²) in [5, 5.41) is -0.194. The van der Waals surface area contributed by atoms with Gasteiger partial charge in [0.1, 0.15) is 0 Å². The molecule has 0 aliphatic rings. The molecule has 0 spiro atoms. The Bertz CT molecular complexity index is 143. The van der Waals surface area contributed by atoms with Crippen LogP contribution in [0.25, 0.3) is 0 Å². The second kappa shape index (κ2) is 14.2. The van der Waals surface area contributed by atoms with E-state index in [4.69, 9.17) is 11.6 Å². The molecule has 2 nitrogen and oxygen atoms in total. The van der Waals surface area contributed by atoms with E-state index in [1.807, 2.05) is 0 Å². The van der Waals surface area contributed by atoms with Gasteiger partial charge in [-0.25, -0.2) is 0 Å². The molecule has 0 aliphatic carbocycles. The zero-order valence-corrected chi connectivity index (χ0v) is 11.0. The molecule has 92 valence electrons. The average molecular weight is 256 g/mol. The van der Waals surface area contributed by atoms with E-state index in [0.717, 1.165) is 19.4 Å². The van der Waals surface area contributed by atoms with E-state index in [-0.39, 0.29) is 17.6 Å². The third-order valence-corrected chi connectivity index (χ3v) is 2.56. The quantitative estimate of drug-likeness (QED) is 0.416. The SMILES string of the molecule is [Cl-].[NH3+]CCCCCCCCCCC(=O)Cl. The van der Waals surface area contributed by atoms with Gasteiger partial charge in [0.15, 0.2) is 0 Å². The van der Waals surface area contributed by atoms with Crippen LogP contribution in [0.1, 0.15) is 57.8 Å². The van der Waals surface area contributed by atoms with Crippen LogP contribution in [0.5, 0.6) is 0 Å². The molecule has 0 aromatic rings. The molecular weight excluding hydrogens is 233 g/mol. The van der Waals surface area contributed by atoms with Crippen molar-refractivity contribution in [2.45, 2.75) is 57.8 Å². The minimum absolute atomic E-state index is 0. The molecule has 0 bridgehead atoms. The van der Waals surface area contributed by atoms with Gasteiger partial charge < -0.3 is 18.1 Å². The van der Waals surface area contributed by atoms with Crippen LogP contribution in [-0.2, 0) is 4.79 Å². The molecule has 0 rings (SSSR count). The number of carbonyl (C=O) groups is 1. The topological polar surface area (TPSA) is 44.7 Å². The maximum atomic E-state index is 10.4. The second-order valence-corrected chi connectivity index (χ2v) is 4.21. The van der Waals surface area contributed by atoms with Gasteiger partial charge in [-0.2, -0.15) is 0 Å². The van der Waals surface area contributed by atoms with Crippen LogP contribution in [0.4, 0.5) is 0 Å². The summed E-state index contributed by atoms with van der Waals surface area (Å²) in [6, 6.07) is 0. The Balaban J connectivity index is 0. The summed E-state index contributed by atoms with van der Waals surface area (Å²) in [6.07, 6.45) is 10.4. The van der Waals surface area contributed by atoms with Crippen LogP contribution in [-0.4, -0.2) is 11.8 Å². The van der Waals surface area contributed by atoms with Crippen LogP contribution in [0, 0.1) is 0 Å². The standard InChI is InChI=1S/C11H22ClNO.ClH/c12-11(14)9-7-5-3-1-2-4-6-8-10-13;/h1-10,13H2;1H. The van der Waals surface area contributed by atoms with E-state index >= 15 is 0 Å². The van der Waals surface area contributed by atoms with Crippen molar-refractivity contribution in [3.8, 4) is 0 Å². The Morgan fingerprint density at radius 3 is 1.67 bits per heavy atom. The minimum Gasteiger partial charge on any atom is -1.00 e. The summed E-state index contributed by atoms with van der Waals surface area (Å²) < 4.78 is 0. The molecule has 0 heterocycles. The van der Waals surface area contributed by atoms with Crippen LogP contribution in [0.2, 0.25) is 0 Å². The summed E-state index contributed by atoms with van der Waals surface area (Å²) >= 11 is 5.23. The molecule has 0 aromatic carbocycles. The molecule has 0 radical (unpaired) electrons. The van der Waals surface area contributed by atoms with Crippen molar-refractivity contribution in [2.75, 3.05) is 6.54 Å². The smallest absolute Gasteiger partial charge is 0.221 e. The van der Waals surface area contributed by atoms with Crippen molar-refractivity contribution in [1.29, 1.82) is 0 Å². The first-order chi connectivity index (χ1) is 6.77. The summed E-state index contributed by atoms with van der Waals surface area (Å²) in [5.41, 5.74) is 3.82. The van der Waals surface area contributed by atoms with Crippen molar-refractivity contribution in [3.63, 3.8) is 0 Å². The molecule has 0 fully saturated rings. The Morgan fingerprint density at radius 2 is 1.27 bits per heavy atom. The number of halogens is 2. The number of unbranched alkanes of at least 4 members (excludes halogenated alkanes) is 7. The van der Waals surface area contributed by atoms with Gasteiger partial charge in [-0.3, -0.25) is 4.79 Å². The van der Waals surface area contributed by atoms with Gasteiger partial charge in [0, 0.05) is 6.42 Å². The zero-order valence-electron chi connectivity index (χ0n) is 9.44. The molecule has 0 amide bonds. The third-order valence-electron chi connectivity index (χ3n) is 2.37. The van der Waals surface area contributed by atoms with Crippen LogP contribution >= 0.6 is 11.6 Å². The highest BCUT2D eigenvalue weighted by molar-refractivity contribution is 6.63. The zero-order chi connectivity index (χ0) is 10.6. The molecule has 0 saturated heterocycles. The predicted molar refractivity (Wildman–Crippen MR) is 60.2 cm³/mol. The summed E-state index contributed by atoms with van der Waals surface area (Å²) in [6.45, 7) is 1.07. The van der Waals surface area contributed by atoms with Gasteiger partial charge in [0.25, 0.3) is 0 Å². The fourth-order valence-electron chi connectivity index (χ4n) is 1.50. The van der Waals surface area contributed by atoms with Gasteiger partial charge in [0.2, 0.25) is 5.24 Å². The molecule has 0 aromatic heterocycles. The van der Waals surface area contributed by atoms with Crippen molar-refractivity contribution in [1.82, 2.24) is 0 Å². The third kappa shape index (κ3) is 16.9. The number of carbonyl (C=O) groups excluding carboxylic acids is 1. The van der Waals surface area contributed by atoms with Crippen LogP contribution in [0.15, 0.2) is 0 Å². The fraction of sp³-hybridized carbons (Fsp3) is 0.909. The fourth-order valence-corrected chi connectivity index (χ4v) is 1.64. The molecule has 15 heavy (non-hydrogen) atoms. The Hall–Kier alpha value is 0.210. The predicted octanol–water partition coefficient (Wildman–Crippen LogP) is -0.491. The average Bonchev–Trinajstić information content (AvgIpc) is 2.15. The van der Waals surface area contributed by atoms with Crippen molar-refractivity contribution >= 4 is 16.8 Å². The Labute approximate surface area is 104 Å². The first kappa shape index (κ1) is 17.6. The van der Waals surface area contributed by atoms with Crippen molar-refractivity contribution in [3.05, 3.63) is 0 Å². The number of hydrogen-bond acceptors (Lipinski definition) is 1. The van der Waals surface area contributed by atoms with Crippen molar-refractivity contribution in [2.24, 2.45) is 0 Å². The lowest BCUT2D eigenvalue weighted by atomic mass is 10.1. The van der Waals surface area contributed by atoms with Crippen LogP contribution in [0.3, 0.4) is 0 Å². The summed E-state index contributed by atoms with van der Waals surface area (Å²) in [7, 11) is 0. The van der Waals surface area contributed by atoms with E-state index in [1.54, 1.807) is 0 Å². The van der Waals surface area contributed by atoms with E-state index in [2.05, 4.69) is 5.73 Å². The lowest BCUT2D eigenvalue weighted by Crippen LogP contribution is -3.00. The van der Waals surface area contributed by atoms with E-state index < -0.39 is 0 Å². The molecule has 4 heteroatoms. The first-order valence-corrected chi connectivity index (χ1v) is 6.12. The molecule has 0 unspecified atom stereocenters.